The Kier molecular flexibility index (Phi) is 6.92. The number of carbonyl (C=O) groups is 1. The number of piperazine rings is 1. The highest BCUT2D eigenvalue weighted by Gasteiger charge is 2.30. The van der Waals surface area contributed by atoms with E-state index in [1.165, 1.54) is 0 Å². The molecule has 4 rings (SSSR count). The number of aryl methyl sites for hydroxylation is 2. The Morgan fingerprint density at radius 1 is 1.16 bits per heavy atom. The molecule has 1 amide bonds. The maximum absolute atomic E-state index is 13.1. The van der Waals surface area contributed by atoms with Crippen molar-refractivity contribution in [2.75, 3.05) is 39.3 Å². The zero-order valence-corrected chi connectivity index (χ0v) is 18.7. The minimum absolute atomic E-state index is 0.0336. The van der Waals surface area contributed by atoms with Crippen molar-refractivity contribution >= 4 is 17.5 Å². The van der Waals surface area contributed by atoms with E-state index in [0.29, 0.717) is 30.3 Å². The van der Waals surface area contributed by atoms with Crippen LogP contribution in [0.1, 0.15) is 29.9 Å². The van der Waals surface area contributed by atoms with Gasteiger partial charge in [-0.05, 0) is 56.9 Å². The van der Waals surface area contributed by atoms with Gasteiger partial charge in [0.05, 0.1) is 5.69 Å². The minimum atomic E-state index is -0.0509. The SMILES string of the molecule is Cc1nc2c(c(=O)[nH]1)CCC(C(=O)N1CCN(CCOc3ccc(Cl)cc3)CC1)CC2. The molecule has 8 heteroatoms. The third kappa shape index (κ3) is 5.46. The smallest absolute Gasteiger partial charge is 0.254 e. The summed E-state index contributed by atoms with van der Waals surface area (Å²) in [6.45, 7) is 6.41. The van der Waals surface area contributed by atoms with Crippen molar-refractivity contribution in [3.63, 3.8) is 0 Å². The summed E-state index contributed by atoms with van der Waals surface area (Å²) in [6.07, 6.45) is 2.79. The standard InChI is InChI=1S/C23H29ClN4O3/c1-16-25-21-9-3-17(2-8-20(21)22(29)26-16)23(30)28-12-10-27(11-13-28)14-15-31-19-6-4-18(24)5-7-19/h4-7,17H,2-3,8-15H2,1H3,(H,25,26,29). The van der Waals surface area contributed by atoms with Crippen LogP contribution in [0, 0.1) is 12.8 Å². The fraction of sp³-hybridized carbons (Fsp3) is 0.522. The zero-order valence-electron chi connectivity index (χ0n) is 17.9. The molecule has 31 heavy (non-hydrogen) atoms. The monoisotopic (exact) mass is 444 g/mol. The van der Waals surface area contributed by atoms with Crippen LogP contribution in [0.25, 0.3) is 0 Å². The van der Waals surface area contributed by atoms with Gasteiger partial charge in [0, 0.05) is 49.2 Å². The van der Waals surface area contributed by atoms with E-state index < -0.39 is 0 Å². The fourth-order valence-corrected chi connectivity index (χ4v) is 4.55. The lowest BCUT2D eigenvalue weighted by Crippen LogP contribution is -2.51. The Balaban J connectivity index is 1.23. The quantitative estimate of drug-likeness (QED) is 0.716. The molecule has 1 saturated heterocycles. The van der Waals surface area contributed by atoms with Gasteiger partial charge in [-0.15, -0.1) is 0 Å². The van der Waals surface area contributed by atoms with E-state index in [1.807, 2.05) is 29.2 Å². The molecule has 1 N–H and O–H groups in total. The van der Waals surface area contributed by atoms with Crippen molar-refractivity contribution in [1.82, 2.24) is 19.8 Å². The summed E-state index contributed by atoms with van der Waals surface area (Å²) >= 11 is 5.89. The molecule has 2 aromatic rings. The molecule has 166 valence electrons. The molecule has 2 heterocycles. The topological polar surface area (TPSA) is 78.5 Å². The first-order valence-corrected chi connectivity index (χ1v) is 11.4. The molecular formula is C23H29ClN4O3. The fourth-order valence-electron chi connectivity index (χ4n) is 4.43. The Hall–Kier alpha value is -2.38. The predicted molar refractivity (Wildman–Crippen MR) is 120 cm³/mol. The summed E-state index contributed by atoms with van der Waals surface area (Å²) in [6, 6.07) is 7.38. The second-order valence-corrected chi connectivity index (χ2v) is 8.76. The second-order valence-electron chi connectivity index (χ2n) is 8.32. The van der Waals surface area contributed by atoms with Gasteiger partial charge in [-0.25, -0.2) is 4.98 Å². The van der Waals surface area contributed by atoms with Gasteiger partial charge in [-0.1, -0.05) is 11.6 Å². The Bertz CT molecular complexity index is 968. The third-order valence-corrected chi connectivity index (χ3v) is 6.47. The van der Waals surface area contributed by atoms with Gasteiger partial charge in [0.15, 0.2) is 0 Å². The molecule has 1 fully saturated rings. The Morgan fingerprint density at radius 3 is 2.61 bits per heavy atom. The van der Waals surface area contributed by atoms with Crippen molar-refractivity contribution < 1.29 is 9.53 Å². The van der Waals surface area contributed by atoms with Gasteiger partial charge < -0.3 is 14.6 Å². The lowest BCUT2D eigenvalue weighted by Gasteiger charge is -2.36. The molecule has 1 atom stereocenters. The summed E-state index contributed by atoms with van der Waals surface area (Å²) in [5.74, 6) is 1.65. The third-order valence-electron chi connectivity index (χ3n) is 6.22. The number of halogens is 1. The van der Waals surface area contributed by atoms with E-state index in [4.69, 9.17) is 16.3 Å². The number of nitrogens with one attached hydrogen (secondary N) is 1. The molecule has 1 aliphatic heterocycles. The predicted octanol–water partition coefficient (Wildman–Crippen LogP) is 2.45. The van der Waals surface area contributed by atoms with Gasteiger partial charge in [0.2, 0.25) is 5.91 Å². The molecule has 0 spiro atoms. The molecule has 1 aromatic heterocycles. The molecule has 0 bridgehead atoms. The average molecular weight is 445 g/mol. The van der Waals surface area contributed by atoms with Crippen molar-refractivity contribution in [2.24, 2.45) is 5.92 Å². The molecular weight excluding hydrogens is 416 g/mol. The van der Waals surface area contributed by atoms with Crippen LogP contribution in [-0.2, 0) is 17.6 Å². The molecule has 0 saturated carbocycles. The van der Waals surface area contributed by atoms with Crippen LogP contribution < -0.4 is 10.3 Å². The first kappa shape index (κ1) is 21.8. The lowest BCUT2D eigenvalue weighted by atomic mass is 9.97. The highest BCUT2D eigenvalue weighted by molar-refractivity contribution is 6.30. The van der Waals surface area contributed by atoms with E-state index >= 15 is 0 Å². The Morgan fingerprint density at radius 2 is 1.87 bits per heavy atom. The maximum atomic E-state index is 13.1. The molecule has 1 unspecified atom stereocenters. The molecule has 0 radical (unpaired) electrons. The van der Waals surface area contributed by atoms with Crippen molar-refractivity contribution in [3.8, 4) is 5.75 Å². The second kappa shape index (κ2) is 9.83. The number of rotatable bonds is 5. The molecule has 7 nitrogen and oxygen atoms in total. The number of H-pyrrole nitrogens is 1. The van der Waals surface area contributed by atoms with Crippen LogP contribution in [0.5, 0.6) is 5.75 Å². The Labute approximate surface area is 187 Å². The number of fused-ring (bicyclic) bond motifs is 1. The summed E-state index contributed by atoms with van der Waals surface area (Å²) in [7, 11) is 0. The van der Waals surface area contributed by atoms with E-state index in [1.54, 1.807) is 6.92 Å². The van der Waals surface area contributed by atoms with Gasteiger partial charge in [0.1, 0.15) is 18.2 Å². The first-order chi connectivity index (χ1) is 15.0. The number of aromatic amines is 1. The largest absolute Gasteiger partial charge is 0.492 e. The number of nitrogens with zero attached hydrogens (tertiary/aromatic N) is 3. The van der Waals surface area contributed by atoms with E-state index in [-0.39, 0.29) is 17.4 Å². The van der Waals surface area contributed by atoms with Gasteiger partial charge in [-0.2, -0.15) is 0 Å². The summed E-state index contributed by atoms with van der Waals surface area (Å²) < 4.78 is 5.78. The minimum Gasteiger partial charge on any atom is -0.492 e. The summed E-state index contributed by atoms with van der Waals surface area (Å²) in [5.41, 5.74) is 1.57. The van der Waals surface area contributed by atoms with Crippen LogP contribution in [0.15, 0.2) is 29.1 Å². The first-order valence-electron chi connectivity index (χ1n) is 11.0. The van der Waals surface area contributed by atoms with Gasteiger partial charge >= 0.3 is 0 Å². The van der Waals surface area contributed by atoms with Crippen LogP contribution >= 0.6 is 11.6 Å². The summed E-state index contributed by atoms with van der Waals surface area (Å²) in [4.78, 5) is 36.9. The van der Waals surface area contributed by atoms with Crippen LogP contribution in [0.3, 0.4) is 0 Å². The van der Waals surface area contributed by atoms with Gasteiger partial charge in [-0.3, -0.25) is 14.5 Å². The molecule has 1 aliphatic carbocycles. The average Bonchev–Trinajstić information content (AvgIpc) is 2.98. The lowest BCUT2D eigenvalue weighted by molar-refractivity contribution is -0.137. The number of ether oxygens (including phenoxy) is 1. The van der Waals surface area contributed by atoms with Crippen LogP contribution in [-0.4, -0.2) is 65.0 Å². The van der Waals surface area contributed by atoms with Crippen molar-refractivity contribution in [3.05, 3.63) is 56.7 Å². The van der Waals surface area contributed by atoms with E-state index in [2.05, 4.69) is 14.9 Å². The highest BCUT2D eigenvalue weighted by atomic mass is 35.5. The number of carbonyl (C=O) groups excluding carboxylic acids is 1. The zero-order chi connectivity index (χ0) is 21.8. The van der Waals surface area contributed by atoms with Crippen molar-refractivity contribution in [1.29, 1.82) is 0 Å². The van der Waals surface area contributed by atoms with Crippen LogP contribution in [0.4, 0.5) is 0 Å². The van der Waals surface area contributed by atoms with Crippen LogP contribution in [0.2, 0.25) is 5.02 Å². The van der Waals surface area contributed by atoms with Gasteiger partial charge in [0.25, 0.3) is 5.56 Å². The molecule has 2 aliphatic rings. The van der Waals surface area contributed by atoms with E-state index in [0.717, 1.165) is 62.6 Å². The normalized spacial score (nSPS) is 19.5. The van der Waals surface area contributed by atoms with E-state index in [9.17, 15) is 9.59 Å². The number of aromatic nitrogens is 2. The molecule has 1 aromatic carbocycles. The highest BCUT2D eigenvalue weighted by Crippen LogP contribution is 2.24. The van der Waals surface area contributed by atoms with Crippen molar-refractivity contribution in [2.45, 2.75) is 32.6 Å². The number of benzene rings is 1. The number of hydrogen-bond acceptors (Lipinski definition) is 5. The number of hydrogen-bond donors (Lipinski definition) is 1. The maximum Gasteiger partial charge on any atom is 0.254 e. The summed E-state index contributed by atoms with van der Waals surface area (Å²) in [5, 5.41) is 0.698. The number of amides is 1.